The number of rotatable bonds is 14. The van der Waals surface area contributed by atoms with Crippen molar-refractivity contribution in [3.8, 4) is 0 Å². The first-order chi connectivity index (χ1) is 17.2. The molecule has 37 heavy (non-hydrogen) atoms. The third-order valence-corrected chi connectivity index (χ3v) is 5.66. The Hall–Kier alpha value is -3.23. The summed E-state index contributed by atoms with van der Waals surface area (Å²) in [5.41, 5.74) is 0.603. The number of aliphatic hydroxyl groups excluding tert-OH is 2. The first-order valence-electron chi connectivity index (χ1n) is 11.2. The lowest BCUT2D eigenvalue weighted by Gasteiger charge is -2.19. The molecule has 0 bridgehead atoms. The van der Waals surface area contributed by atoms with Crippen LogP contribution in [0, 0.1) is 5.92 Å². The number of sulfone groups is 1. The average molecular weight is 549 g/mol. The minimum atomic E-state index is -3.39. The van der Waals surface area contributed by atoms with Gasteiger partial charge >= 0.3 is 24.1 Å². The number of benzene rings is 1. The molecule has 0 heterocycles. The standard InChI is InChI=1S/C23H32O13S/c1-14(24)21(27)32-11-18(12-33-22(28)15(2)25)13-34-23(29)36-16(3)35-20(26)9-8-17-6-5-7-19(10-17)37(4,30)31/h5-7,10,14-16,18,24-25H,8-9,11-13H2,1-4H3/t14-,15-,16?/m1/s1. The molecule has 2 N–H and O–H groups in total. The normalized spacial score (nSPS) is 13.7. The zero-order chi connectivity index (χ0) is 28.2. The average Bonchev–Trinajstić information content (AvgIpc) is 2.81. The largest absolute Gasteiger partial charge is 0.511 e. The van der Waals surface area contributed by atoms with Crippen molar-refractivity contribution in [2.45, 2.75) is 57.0 Å². The number of hydrogen-bond acceptors (Lipinski definition) is 13. The van der Waals surface area contributed by atoms with Crippen molar-refractivity contribution in [3.63, 3.8) is 0 Å². The smallest absolute Gasteiger partial charge is 0.463 e. The number of aliphatic hydroxyl groups is 2. The van der Waals surface area contributed by atoms with Crippen LogP contribution < -0.4 is 0 Å². The van der Waals surface area contributed by atoms with Gasteiger partial charge in [-0.15, -0.1) is 0 Å². The molecule has 208 valence electrons. The van der Waals surface area contributed by atoms with Crippen LogP contribution in [-0.2, 0) is 54.3 Å². The highest BCUT2D eigenvalue weighted by molar-refractivity contribution is 7.90. The number of carbonyl (C=O) groups excluding carboxylic acids is 4. The summed E-state index contributed by atoms with van der Waals surface area (Å²) < 4.78 is 47.7. The minimum Gasteiger partial charge on any atom is -0.463 e. The number of hydrogen-bond donors (Lipinski definition) is 2. The Kier molecular flexibility index (Phi) is 13.0. The van der Waals surface area contributed by atoms with E-state index in [4.69, 9.17) is 23.7 Å². The Bertz CT molecular complexity index is 1010. The van der Waals surface area contributed by atoms with E-state index >= 15 is 0 Å². The van der Waals surface area contributed by atoms with E-state index in [1.807, 2.05) is 0 Å². The highest BCUT2D eigenvalue weighted by atomic mass is 32.2. The van der Waals surface area contributed by atoms with Gasteiger partial charge < -0.3 is 33.9 Å². The van der Waals surface area contributed by atoms with Gasteiger partial charge in [0, 0.05) is 19.6 Å². The third-order valence-electron chi connectivity index (χ3n) is 4.55. The Morgan fingerprint density at radius 1 is 0.865 bits per heavy atom. The van der Waals surface area contributed by atoms with Crippen LogP contribution in [0.15, 0.2) is 29.2 Å². The highest BCUT2D eigenvalue weighted by Crippen LogP contribution is 2.13. The van der Waals surface area contributed by atoms with Gasteiger partial charge in [0.05, 0.1) is 10.8 Å². The topological polar surface area (TPSA) is 189 Å². The molecule has 0 saturated heterocycles. The first-order valence-corrected chi connectivity index (χ1v) is 13.1. The second-order valence-corrected chi connectivity index (χ2v) is 10.1. The summed E-state index contributed by atoms with van der Waals surface area (Å²) in [6.45, 7) is 2.46. The fourth-order valence-electron chi connectivity index (χ4n) is 2.59. The van der Waals surface area contributed by atoms with Crippen molar-refractivity contribution in [1.82, 2.24) is 0 Å². The maximum atomic E-state index is 12.1. The van der Waals surface area contributed by atoms with Crippen LogP contribution in [0.4, 0.5) is 4.79 Å². The fraction of sp³-hybridized carbons (Fsp3) is 0.565. The Morgan fingerprint density at radius 3 is 1.92 bits per heavy atom. The van der Waals surface area contributed by atoms with Gasteiger partial charge in [-0.2, -0.15) is 0 Å². The predicted molar refractivity (Wildman–Crippen MR) is 125 cm³/mol. The van der Waals surface area contributed by atoms with Crippen molar-refractivity contribution in [2.24, 2.45) is 5.92 Å². The highest BCUT2D eigenvalue weighted by Gasteiger charge is 2.22. The zero-order valence-electron chi connectivity index (χ0n) is 20.9. The maximum Gasteiger partial charge on any atom is 0.511 e. The number of carbonyl (C=O) groups is 4. The molecular formula is C23H32O13S. The molecule has 0 spiro atoms. The molecule has 0 aliphatic carbocycles. The van der Waals surface area contributed by atoms with E-state index in [-0.39, 0.29) is 31.0 Å². The molecule has 13 nitrogen and oxygen atoms in total. The summed E-state index contributed by atoms with van der Waals surface area (Å²) in [4.78, 5) is 47.0. The van der Waals surface area contributed by atoms with E-state index in [1.165, 1.54) is 32.9 Å². The monoisotopic (exact) mass is 548 g/mol. The van der Waals surface area contributed by atoms with Gasteiger partial charge in [-0.05, 0) is 38.0 Å². The van der Waals surface area contributed by atoms with Crippen molar-refractivity contribution in [2.75, 3.05) is 26.1 Å². The molecule has 1 rings (SSSR count). The summed E-state index contributed by atoms with van der Waals surface area (Å²) in [5.74, 6) is -3.45. The maximum absolute atomic E-state index is 12.1. The van der Waals surface area contributed by atoms with Gasteiger partial charge in [0.25, 0.3) is 0 Å². The SMILES string of the molecule is CC(OC(=O)CCc1cccc(S(C)(=O)=O)c1)OC(=O)OCC(COC(=O)[C@@H](C)O)COC(=O)[C@@H](C)O. The second-order valence-electron chi connectivity index (χ2n) is 8.13. The molecule has 3 atom stereocenters. The molecule has 0 saturated carbocycles. The van der Waals surface area contributed by atoms with Gasteiger partial charge in [0.1, 0.15) is 32.0 Å². The van der Waals surface area contributed by atoms with E-state index in [9.17, 15) is 37.8 Å². The van der Waals surface area contributed by atoms with Crippen LogP contribution >= 0.6 is 0 Å². The molecule has 14 heteroatoms. The minimum absolute atomic E-state index is 0.110. The lowest BCUT2D eigenvalue weighted by Crippen LogP contribution is -2.31. The first kappa shape index (κ1) is 31.8. The van der Waals surface area contributed by atoms with E-state index in [0.717, 1.165) is 6.26 Å². The molecule has 1 aromatic carbocycles. The van der Waals surface area contributed by atoms with Gasteiger partial charge in [0.15, 0.2) is 9.84 Å². The number of ether oxygens (including phenoxy) is 5. The molecular weight excluding hydrogens is 516 g/mol. The van der Waals surface area contributed by atoms with E-state index in [2.05, 4.69) is 0 Å². The third kappa shape index (κ3) is 13.0. The van der Waals surface area contributed by atoms with Crippen LogP contribution in [0.2, 0.25) is 0 Å². The molecule has 0 aliphatic heterocycles. The number of esters is 3. The quantitative estimate of drug-likeness (QED) is 0.186. The predicted octanol–water partition coefficient (Wildman–Crippen LogP) is 0.529. The van der Waals surface area contributed by atoms with E-state index in [1.54, 1.807) is 12.1 Å². The molecule has 0 aliphatic rings. The fourth-order valence-corrected chi connectivity index (χ4v) is 3.28. The molecule has 1 unspecified atom stereocenters. The molecule has 0 fully saturated rings. The van der Waals surface area contributed by atoms with Crippen molar-refractivity contribution < 1.29 is 61.5 Å². The van der Waals surface area contributed by atoms with E-state index < -0.39 is 64.9 Å². The van der Waals surface area contributed by atoms with Crippen LogP contribution in [-0.4, -0.2) is 87.3 Å². The Labute approximate surface area is 214 Å². The molecule has 0 aromatic heterocycles. The summed E-state index contributed by atoms with van der Waals surface area (Å²) in [7, 11) is -3.39. The zero-order valence-corrected chi connectivity index (χ0v) is 21.8. The van der Waals surface area contributed by atoms with E-state index in [0.29, 0.717) is 5.56 Å². The Balaban J connectivity index is 2.52. The van der Waals surface area contributed by atoms with Crippen molar-refractivity contribution in [1.29, 1.82) is 0 Å². The van der Waals surface area contributed by atoms with Crippen LogP contribution in [0.1, 0.15) is 32.8 Å². The van der Waals surface area contributed by atoms with Crippen LogP contribution in [0.3, 0.4) is 0 Å². The second kappa shape index (κ2) is 15.1. The van der Waals surface area contributed by atoms with Gasteiger partial charge in [-0.3, -0.25) is 4.79 Å². The summed E-state index contributed by atoms with van der Waals surface area (Å²) in [6.07, 6.45) is -4.18. The summed E-state index contributed by atoms with van der Waals surface area (Å²) >= 11 is 0. The van der Waals surface area contributed by atoms with Gasteiger partial charge in [0.2, 0.25) is 6.29 Å². The van der Waals surface area contributed by atoms with Crippen LogP contribution in [0.25, 0.3) is 0 Å². The van der Waals surface area contributed by atoms with Gasteiger partial charge in [-0.25, -0.2) is 22.8 Å². The molecule has 0 radical (unpaired) electrons. The molecule has 0 amide bonds. The van der Waals surface area contributed by atoms with Gasteiger partial charge in [-0.1, -0.05) is 12.1 Å². The Morgan fingerprint density at radius 2 is 1.41 bits per heavy atom. The summed E-state index contributed by atoms with van der Waals surface area (Å²) in [6, 6.07) is 6.11. The molecule has 1 aromatic rings. The van der Waals surface area contributed by atoms with Crippen molar-refractivity contribution >= 4 is 33.9 Å². The lowest BCUT2D eigenvalue weighted by molar-refractivity contribution is -0.168. The summed E-state index contributed by atoms with van der Waals surface area (Å²) in [5, 5.41) is 18.4. The number of aryl methyl sites for hydroxylation is 1. The lowest BCUT2D eigenvalue weighted by atomic mass is 10.1. The van der Waals surface area contributed by atoms with Crippen LogP contribution in [0.5, 0.6) is 0 Å². The van der Waals surface area contributed by atoms with Crippen molar-refractivity contribution in [3.05, 3.63) is 29.8 Å².